The van der Waals surface area contributed by atoms with Gasteiger partial charge in [-0.3, -0.25) is 9.59 Å². The highest BCUT2D eigenvalue weighted by Crippen LogP contribution is 2.38. The molecule has 4 aromatic rings. The normalized spacial score (nSPS) is 14.6. The van der Waals surface area contributed by atoms with Gasteiger partial charge in [-0.2, -0.15) is 5.10 Å². The van der Waals surface area contributed by atoms with E-state index in [4.69, 9.17) is 14.6 Å². The van der Waals surface area contributed by atoms with Crippen LogP contribution in [-0.2, 0) is 4.79 Å². The van der Waals surface area contributed by atoms with E-state index in [9.17, 15) is 9.59 Å². The lowest BCUT2D eigenvalue weighted by Crippen LogP contribution is -2.27. The molecule has 35 heavy (non-hydrogen) atoms. The number of ether oxygens (including phenoxy) is 2. The number of carbonyl (C=O) groups is 2. The molecule has 7 nitrogen and oxygen atoms in total. The molecule has 2 heterocycles. The molecular formula is C27H21N3O4S. The van der Waals surface area contributed by atoms with Crippen LogP contribution in [0.4, 0.5) is 10.5 Å². The summed E-state index contributed by atoms with van der Waals surface area (Å²) in [6, 6.07) is 24.1. The molecule has 1 aromatic heterocycles. The van der Waals surface area contributed by atoms with Crippen LogP contribution < -0.4 is 14.4 Å². The molecule has 0 bridgehead atoms. The van der Waals surface area contributed by atoms with Crippen molar-refractivity contribution in [1.82, 2.24) is 9.78 Å². The molecule has 0 atom stereocenters. The molecule has 5 rings (SSSR count). The Balaban J connectivity index is 1.56. The summed E-state index contributed by atoms with van der Waals surface area (Å²) in [5.41, 5.74) is 3.61. The molecule has 0 radical (unpaired) electrons. The molecule has 0 aliphatic carbocycles. The molecule has 1 saturated heterocycles. The maximum Gasteiger partial charge on any atom is 0.298 e. The minimum absolute atomic E-state index is 0.320. The molecule has 3 aromatic carbocycles. The van der Waals surface area contributed by atoms with Crippen LogP contribution in [0.2, 0.25) is 0 Å². The van der Waals surface area contributed by atoms with Gasteiger partial charge in [0.2, 0.25) is 0 Å². The van der Waals surface area contributed by atoms with Crippen molar-refractivity contribution in [2.45, 2.75) is 0 Å². The largest absolute Gasteiger partial charge is 0.497 e. The molecule has 1 aliphatic rings. The minimum atomic E-state index is -0.388. The Bertz CT molecular complexity index is 1430. The van der Waals surface area contributed by atoms with E-state index in [0.29, 0.717) is 22.0 Å². The Hall–Kier alpha value is -4.30. The lowest BCUT2D eigenvalue weighted by Gasteiger charge is -2.13. The van der Waals surface area contributed by atoms with Crippen molar-refractivity contribution in [1.29, 1.82) is 0 Å². The fourth-order valence-corrected chi connectivity index (χ4v) is 4.59. The summed E-state index contributed by atoms with van der Waals surface area (Å²) in [6.45, 7) is 0. The first-order chi connectivity index (χ1) is 17.1. The van der Waals surface area contributed by atoms with Gasteiger partial charge in [0.05, 0.1) is 36.2 Å². The first-order valence-corrected chi connectivity index (χ1v) is 11.6. The number of hydrogen-bond acceptors (Lipinski definition) is 6. The van der Waals surface area contributed by atoms with Gasteiger partial charge in [0.15, 0.2) is 0 Å². The van der Waals surface area contributed by atoms with Gasteiger partial charge >= 0.3 is 0 Å². The number of anilines is 1. The van der Waals surface area contributed by atoms with E-state index in [-0.39, 0.29) is 11.1 Å². The molecule has 2 amide bonds. The van der Waals surface area contributed by atoms with Gasteiger partial charge < -0.3 is 9.47 Å². The van der Waals surface area contributed by atoms with Crippen molar-refractivity contribution >= 4 is 34.7 Å². The van der Waals surface area contributed by atoms with Crippen LogP contribution in [-0.4, -0.2) is 35.1 Å². The number of amides is 2. The van der Waals surface area contributed by atoms with Crippen LogP contribution in [0.3, 0.4) is 0 Å². The standard InChI is InChI=1S/C27H21N3O4S/c1-33-22-13-11-18(12-14-22)25-19(17-29(28-25)20-7-4-3-5-8-20)15-24-26(31)30(27(32)35-24)21-9-6-10-23(16-21)34-2/h3-17H,1-2H3/b24-15-. The lowest BCUT2D eigenvalue weighted by atomic mass is 10.1. The first-order valence-electron chi connectivity index (χ1n) is 10.8. The van der Waals surface area contributed by atoms with Crippen molar-refractivity contribution in [2.75, 3.05) is 19.1 Å². The van der Waals surface area contributed by atoms with Gasteiger partial charge in [-0.15, -0.1) is 0 Å². The minimum Gasteiger partial charge on any atom is -0.497 e. The average Bonchev–Trinajstić information content (AvgIpc) is 3.45. The molecular weight excluding hydrogens is 462 g/mol. The highest BCUT2D eigenvalue weighted by atomic mass is 32.2. The zero-order valence-electron chi connectivity index (χ0n) is 19.0. The Labute approximate surface area is 206 Å². The van der Waals surface area contributed by atoms with E-state index in [1.807, 2.05) is 60.8 Å². The van der Waals surface area contributed by atoms with E-state index in [2.05, 4.69) is 0 Å². The molecule has 0 saturated carbocycles. The summed E-state index contributed by atoms with van der Waals surface area (Å²) in [5, 5.41) is 4.42. The van der Waals surface area contributed by atoms with Crippen molar-refractivity contribution in [3.63, 3.8) is 0 Å². The number of methoxy groups -OCH3 is 2. The summed E-state index contributed by atoms with van der Waals surface area (Å²) >= 11 is 0.901. The summed E-state index contributed by atoms with van der Waals surface area (Å²) in [6.07, 6.45) is 3.57. The lowest BCUT2D eigenvalue weighted by molar-refractivity contribution is -0.113. The molecule has 8 heteroatoms. The summed E-state index contributed by atoms with van der Waals surface area (Å²) in [5.74, 6) is 0.912. The maximum absolute atomic E-state index is 13.3. The van der Waals surface area contributed by atoms with Crippen LogP contribution >= 0.6 is 11.8 Å². The van der Waals surface area contributed by atoms with Gasteiger partial charge in [0, 0.05) is 23.4 Å². The van der Waals surface area contributed by atoms with Gasteiger partial charge in [-0.25, -0.2) is 9.58 Å². The van der Waals surface area contributed by atoms with Crippen molar-refractivity contribution in [2.24, 2.45) is 0 Å². The molecule has 174 valence electrons. The number of carbonyl (C=O) groups excluding carboxylic acids is 2. The topological polar surface area (TPSA) is 73.7 Å². The predicted molar refractivity (Wildman–Crippen MR) is 137 cm³/mol. The van der Waals surface area contributed by atoms with E-state index in [1.54, 1.807) is 42.1 Å². The van der Waals surface area contributed by atoms with Gasteiger partial charge in [-0.05, 0) is 66.4 Å². The van der Waals surface area contributed by atoms with Crippen molar-refractivity contribution < 1.29 is 19.1 Å². The number of imide groups is 1. The summed E-state index contributed by atoms with van der Waals surface area (Å²) in [4.78, 5) is 27.5. The summed E-state index contributed by atoms with van der Waals surface area (Å²) < 4.78 is 12.3. The summed E-state index contributed by atoms with van der Waals surface area (Å²) in [7, 11) is 3.15. The van der Waals surface area contributed by atoms with Gasteiger partial charge in [-0.1, -0.05) is 24.3 Å². The average molecular weight is 484 g/mol. The Kier molecular flexibility index (Phi) is 6.12. The SMILES string of the molecule is COc1ccc(-c2nn(-c3ccccc3)cc2/C=C2\SC(=O)N(c3cccc(OC)c3)C2=O)cc1. The zero-order valence-corrected chi connectivity index (χ0v) is 19.9. The second-order valence-electron chi connectivity index (χ2n) is 7.66. The second-order valence-corrected chi connectivity index (χ2v) is 8.65. The predicted octanol–water partition coefficient (Wildman–Crippen LogP) is 5.80. The maximum atomic E-state index is 13.3. The smallest absolute Gasteiger partial charge is 0.298 e. The fourth-order valence-electron chi connectivity index (χ4n) is 3.76. The van der Waals surface area contributed by atoms with Crippen LogP contribution in [0.25, 0.3) is 23.0 Å². The Morgan fingerprint density at radius 3 is 2.26 bits per heavy atom. The molecule has 0 N–H and O–H groups in total. The molecule has 1 fully saturated rings. The quantitative estimate of drug-likeness (QED) is 0.323. The third kappa shape index (κ3) is 4.43. The van der Waals surface area contributed by atoms with Gasteiger partial charge in [0.25, 0.3) is 11.1 Å². The number of nitrogens with zero attached hydrogens (tertiary/aromatic N) is 3. The third-order valence-electron chi connectivity index (χ3n) is 5.52. The monoisotopic (exact) mass is 483 g/mol. The number of thioether (sulfide) groups is 1. The van der Waals surface area contributed by atoms with E-state index in [1.165, 1.54) is 7.11 Å². The highest BCUT2D eigenvalue weighted by Gasteiger charge is 2.36. The Morgan fingerprint density at radius 1 is 0.829 bits per heavy atom. The number of para-hydroxylation sites is 1. The fraction of sp³-hybridized carbons (Fsp3) is 0.0741. The van der Waals surface area contributed by atoms with Gasteiger partial charge in [0.1, 0.15) is 11.5 Å². The first kappa shape index (κ1) is 22.5. The Morgan fingerprint density at radius 2 is 1.54 bits per heavy atom. The molecule has 1 aliphatic heterocycles. The van der Waals surface area contributed by atoms with Crippen LogP contribution in [0, 0.1) is 0 Å². The van der Waals surface area contributed by atoms with E-state index in [0.717, 1.165) is 39.2 Å². The van der Waals surface area contributed by atoms with Crippen LogP contribution in [0.15, 0.2) is 90.0 Å². The van der Waals surface area contributed by atoms with Crippen LogP contribution in [0.5, 0.6) is 11.5 Å². The van der Waals surface area contributed by atoms with Crippen LogP contribution in [0.1, 0.15) is 5.56 Å². The van der Waals surface area contributed by atoms with Crippen molar-refractivity contribution in [3.8, 4) is 28.4 Å². The number of benzene rings is 3. The zero-order chi connectivity index (χ0) is 24.4. The number of rotatable bonds is 6. The number of aromatic nitrogens is 2. The number of hydrogen-bond donors (Lipinski definition) is 0. The van der Waals surface area contributed by atoms with E-state index >= 15 is 0 Å². The second kappa shape index (κ2) is 9.52. The van der Waals surface area contributed by atoms with Crippen molar-refractivity contribution in [3.05, 3.63) is 95.5 Å². The van der Waals surface area contributed by atoms with E-state index < -0.39 is 0 Å². The molecule has 0 spiro atoms. The third-order valence-corrected chi connectivity index (χ3v) is 6.39. The molecule has 0 unspecified atom stereocenters. The highest BCUT2D eigenvalue weighted by molar-refractivity contribution is 8.19.